The summed E-state index contributed by atoms with van der Waals surface area (Å²) in [7, 11) is 0. The second-order valence-electron chi connectivity index (χ2n) is 6.47. The maximum absolute atomic E-state index is 12.6. The standard InChI is InChI=1S/C18H16BrClN2O3/c1-2-25-16-11(6-12(20)7-13(16)19)8-21-22-17(23)14-9-3-4-10(5-9)15(14)18(22)24/h3-4,6-10,14-15H,2,5H2,1H3. The SMILES string of the molecule is CCOc1c(Br)cc(Cl)cc1C=NN1C(=O)C2C3C=CC(C3)C2C1=O. The van der Waals surface area contributed by atoms with Gasteiger partial charge in [-0.1, -0.05) is 23.8 Å². The van der Waals surface area contributed by atoms with Gasteiger partial charge in [-0.15, -0.1) is 0 Å². The third-order valence-corrected chi connectivity index (χ3v) is 5.89. The summed E-state index contributed by atoms with van der Waals surface area (Å²) >= 11 is 9.51. The first-order valence-corrected chi connectivity index (χ1v) is 9.40. The van der Waals surface area contributed by atoms with Crippen molar-refractivity contribution in [2.45, 2.75) is 13.3 Å². The minimum atomic E-state index is -0.253. The van der Waals surface area contributed by atoms with Gasteiger partial charge in [0.1, 0.15) is 5.75 Å². The van der Waals surface area contributed by atoms with Crippen molar-refractivity contribution >= 4 is 45.6 Å². The van der Waals surface area contributed by atoms with Crippen LogP contribution in [0.25, 0.3) is 0 Å². The number of fused-ring (bicyclic) bond motifs is 5. The first-order chi connectivity index (χ1) is 12.0. The lowest BCUT2D eigenvalue weighted by molar-refractivity contribution is -0.140. The molecule has 2 bridgehead atoms. The van der Waals surface area contributed by atoms with E-state index in [2.05, 4.69) is 33.2 Å². The number of amides is 2. The second kappa shape index (κ2) is 6.25. The summed E-state index contributed by atoms with van der Waals surface area (Å²) in [5, 5.41) is 5.71. The molecule has 2 amide bonds. The summed E-state index contributed by atoms with van der Waals surface area (Å²) in [5.41, 5.74) is 0.611. The van der Waals surface area contributed by atoms with Crippen LogP contribution in [0.5, 0.6) is 5.75 Å². The normalized spacial score (nSPS) is 30.0. The molecule has 2 aliphatic carbocycles. The van der Waals surface area contributed by atoms with E-state index in [1.165, 1.54) is 6.21 Å². The van der Waals surface area contributed by atoms with Crippen LogP contribution >= 0.6 is 27.5 Å². The molecule has 1 aromatic rings. The molecule has 1 aliphatic heterocycles. The number of carbonyl (C=O) groups excluding carboxylic acids is 2. The van der Waals surface area contributed by atoms with Gasteiger partial charge >= 0.3 is 0 Å². The number of hydrazone groups is 1. The van der Waals surface area contributed by atoms with Crippen molar-refractivity contribution < 1.29 is 14.3 Å². The van der Waals surface area contributed by atoms with Crippen molar-refractivity contribution in [3.8, 4) is 5.75 Å². The Morgan fingerprint density at radius 3 is 2.52 bits per heavy atom. The fourth-order valence-corrected chi connectivity index (χ4v) is 5.04. The highest BCUT2D eigenvalue weighted by molar-refractivity contribution is 9.10. The molecule has 4 unspecified atom stereocenters. The quantitative estimate of drug-likeness (QED) is 0.422. The molecule has 5 nitrogen and oxygen atoms in total. The third kappa shape index (κ3) is 2.62. The van der Waals surface area contributed by atoms with Crippen molar-refractivity contribution in [3.63, 3.8) is 0 Å². The molecule has 1 aromatic carbocycles. The summed E-state index contributed by atoms with van der Waals surface area (Å²) in [4.78, 5) is 25.3. The lowest BCUT2D eigenvalue weighted by Gasteiger charge is -2.13. The molecule has 4 rings (SSSR count). The van der Waals surface area contributed by atoms with E-state index in [9.17, 15) is 9.59 Å². The van der Waals surface area contributed by atoms with Crippen molar-refractivity contribution in [1.82, 2.24) is 5.01 Å². The van der Waals surface area contributed by atoms with Crippen LogP contribution in [0.3, 0.4) is 0 Å². The average Bonchev–Trinajstić information content (AvgIpc) is 3.24. The molecular formula is C18H16BrClN2O3. The summed E-state index contributed by atoms with van der Waals surface area (Å²) in [6, 6.07) is 3.42. The van der Waals surface area contributed by atoms with Crippen LogP contribution in [-0.2, 0) is 9.59 Å². The van der Waals surface area contributed by atoms with E-state index in [0.29, 0.717) is 27.4 Å². The Bertz CT molecular complexity index is 793. The smallest absolute Gasteiger partial charge is 0.254 e. The Morgan fingerprint density at radius 1 is 1.28 bits per heavy atom. The molecule has 1 saturated heterocycles. The molecule has 1 heterocycles. The van der Waals surface area contributed by atoms with Crippen LogP contribution in [-0.4, -0.2) is 29.6 Å². The Labute approximate surface area is 158 Å². The minimum absolute atomic E-state index is 0.172. The zero-order valence-electron chi connectivity index (χ0n) is 13.5. The van der Waals surface area contributed by atoms with Gasteiger partial charge in [0, 0.05) is 10.6 Å². The molecule has 2 fully saturated rings. The predicted molar refractivity (Wildman–Crippen MR) is 97.5 cm³/mol. The highest BCUT2D eigenvalue weighted by Gasteiger charge is 2.59. The molecule has 1 saturated carbocycles. The topological polar surface area (TPSA) is 59.0 Å². The number of halogens is 2. The van der Waals surface area contributed by atoms with Gasteiger partial charge in [-0.2, -0.15) is 10.1 Å². The number of carbonyl (C=O) groups is 2. The minimum Gasteiger partial charge on any atom is -0.492 e. The molecular weight excluding hydrogens is 408 g/mol. The number of allylic oxidation sites excluding steroid dienone is 2. The molecule has 130 valence electrons. The number of hydrogen-bond acceptors (Lipinski definition) is 4. The van der Waals surface area contributed by atoms with Crippen LogP contribution in [0.4, 0.5) is 0 Å². The van der Waals surface area contributed by atoms with Crippen molar-refractivity contribution in [3.05, 3.63) is 39.3 Å². The van der Waals surface area contributed by atoms with Crippen molar-refractivity contribution in [2.24, 2.45) is 28.8 Å². The summed E-state index contributed by atoms with van der Waals surface area (Å²) in [6.07, 6.45) is 6.49. The zero-order valence-corrected chi connectivity index (χ0v) is 15.8. The van der Waals surface area contributed by atoms with Crippen LogP contribution < -0.4 is 4.74 Å². The first-order valence-electron chi connectivity index (χ1n) is 8.23. The average molecular weight is 424 g/mol. The number of imide groups is 1. The number of hydrogen-bond donors (Lipinski definition) is 0. The van der Waals surface area contributed by atoms with Gasteiger partial charge in [0.2, 0.25) is 0 Å². The lowest BCUT2D eigenvalue weighted by atomic mass is 9.85. The van der Waals surface area contributed by atoms with Gasteiger partial charge in [-0.25, -0.2) is 0 Å². The maximum atomic E-state index is 12.6. The van der Waals surface area contributed by atoms with Crippen LogP contribution in [0.15, 0.2) is 33.9 Å². The van der Waals surface area contributed by atoms with E-state index in [-0.39, 0.29) is 35.5 Å². The fraction of sp³-hybridized carbons (Fsp3) is 0.389. The predicted octanol–water partition coefficient (Wildman–Crippen LogP) is 3.64. The van der Waals surface area contributed by atoms with E-state index in [0.717, 1.165) is 11.4 Å². The molecule has 4 atom stereocenters. The molecule has 0 spiro atoms. The molecule has 0 N–H and O–H groups in total. The van der Waals surface area contributed by atoms with E-state index in [1.807, 2.05) is 6.92 Å². The summed E-state index contributed by atoms with van der Waals surface area (Å²) in [5.74, 6) is 0.00658. The van der Waals surface area contributed by atoms with Crippen LogP contribution in [0.1, 0.15) is 18.9 Å². The van der Waals surface area contributed by atoms with E-state index in [1.54, 1.807) is 12.1 Å². The second-order valence-corrected chi connectivity index (χ2v) is 7.76. The zero-order chi connectivity index (χ0) is 17.7. The number of rotatable bonds is 4. The van der Waals surface area contributed by atoms with Gasteiger partial charge in [0.05, 0.1) is 29.1 Å². The monoisotopic (exact) mass is 422 g/mol. The van der Waals surface area contributed by atoms with E-state index in [4.69, 9.17) is 16.3 Å². The number of ether oxygens (including phenoxy) is 1. The van der Waals surface area contributed by atoms with Crippen molar-refractivity contribution in [2.75, 3.05) is 6.61 Å². The fourth-order valence-electron chi connectivity index (χ4n) is 4.09. The van der Waals surface area contributed by atoms with Gasteiger partial charge in [-0.05, 0) is 53.2 Å². The Hall–Kier alpha value is -1.66. The Kier molecular flexibility index (Phi) is 4.20. The van der Waals surface area contributed by atoms with Gasteiger partial charge in [-0.3, -0.25) is 9.59 Å². The molecule has 25 heavy (non-hydrogen) atoms. The largest absolute Gasteiger partial charge is 0.492 e. The maximum Gasteiger partial charge on any atom is 0.254 e. The number of nitrogens with zero attached hydrogens (tertiary/aromatic N) is 2. The van der Waals surface area contributed by atoms with Gasteiger partial charge in [0.15, 0.2) is 0 Å². The molecule has 0 radical (unpaired) electrons. The van der Waals surface area contributed by atoms with Gasteiger partial charge < -0.3 is 4.74 Å². The highest BCUT2D eigenvalue weighted by atomic mass is 79.9. The summed E-state index contributed by atoms with van der Waals surface area (Å²) < 4.78 is 6.31. The van der Waals surface area contributed by atoms with Crippen LogP contribution in [0, 0.1) is 23.7 Å². The highest BCUT2D eigenvalue weighted by Crippen LogP contribution is 2.52. The Balaban J connectivity index is 1.63. The molecule has 7 heteroatoms. The van der Waals surface area contributed by atoms with Gasteiger partial charge in [0.25, 0.3) is 11.8 Å². The molecule has 3 aliphatic rings. The Morgan fingerprint density at radius 2 is 1.92 bits per heavy atom. The number of benzene rings is 1. The molecule has 0 aromatic heterocycles. The first kappa shape index (κ1) is 16.8. The van der Waals surface area contributed by atoms with E-state index < -0.39 is 0 Å². The van der Waals surface area contributed by atoms with Crippen LogP contribution in [0.2, 0.25) is 5.02 Å². The lowest BCUT2D eigenvalue weighted by Crippen LogP contribution is -2.28. The summed E-state index contributed by atoms with van der Waals surface area (Å²) in [6.45, 7) is 2.35. The third-order valence-electron chi connectivity index (χ3n) is 5.09. The van der Waals surface area contributed by atoms with Crippen molar-refractivity contribution in [1.29, 1.82) is 0 Å². The van der Waals surface area contributed by atoms with E-state index >= 15 is 0 Å².